The Morgan fingerprint density at radius 2 is 1.81 bits per heavy atom. The van der Waals surface area contributed by atoms with Gasteiger partial charge in [0, 0.05) is 18.0 Å². The molecule has 3 heterocycles. The lowest BCUT2D eigenvalue weighted by Crippen LogP contribution is -2.16. The van der Waals surface area contributed by atoms with Gasteiger partial charge in [-0.2, -0.15) is 18.3 Å². The van der Waals surface area contributed by atoms with E-state index in [1.54, 1.807) is 36.7 Å². The SMILES string of the molecule is COc1ccc(NS(=O)(=O)c2ccc(C(F)(F)F)cc2)n2nc(-c3cccnc3)cc12. The van der Waals surface area contributed by atoms with Crippen molar-refractivity contribution in [2.75, 3.05) is 11.8 Å². The molecule has 4 rings (SSSR count). The summed E-state index contributed by atoms with van der Waals surface area (Å²) in [5.41, 5.74) is 0.804. The molecule has 0 aliphatic carbocycles. The van der Waals surface area contributed by atoms with E-state index in [2.05, 4.69) is 14.8 Å². The number of hydrogen-bond acceptors (Lipinski definition) is 5. The third kappa shape index (κ3) is 4.04. The van der Waals surface area contributed by atoms with Crippen molar-refractivity contribution in [1.82, 2.24) is 14.6 Å². The highest BCUT2D eigenvalue weighted by Crippen LogP contribution is 2.31. The van der Waals surface area contributed by atoms with Crippen molar-refractivity contribution in [3.63, 3.8) is 0 Å². The fraction of sp³-hybridized carbons (Fsp3) is 0.100. The van der Waals surface area contributed by atoms with Gasteiger partial charge in [-0.15, -0.1) is 0 Å². The smallest absolute Gasteiger partial charge is 0.416 e. The summed E-state index contributed by atoms with van der Waals surface area (Å²) in [5.74, 6) is 0.547. The summed E-state index contributed by atoms with van der Waals surface area (Å²) in [6.45, 7) is 0. The molecule has 0 saturated carbocycles. The maximum absolute atomic E-state index is 12.8. The Balaban J connectivity index is 1.75. The number of alkyl halides is 3. The first-order valence-electron chi connectivity index (χ1n) is 8.86. The van der Waals surface area contributed by atoms with Crippen molar-refractivity contribution in [2.45, 2.75) is 11.1 Å². The van der Waals surface area contributed by atoms with E-state index in [0.717, 1.165) is 12.1 Å². The van der Waals surface area contributed by atoms with Gasteiger partial charge in [0.1, 0.15) is 17.1 Å². The van der Waals surface area contributed by atoms with Crippen molar-refractivity contribution in [3.8, 4) is 17.0 Å². The van der Waals surface area contributed by atoms with Crippen LogP contribution in [0.1, 0.15) is 5.56 Å². The minimum Gasteiger partial charge on any atom is -0.494 e. The molecule has 1 N–H and O–H groups in total. The number of ether oxygens (including phenoxy) is 1. The van der Waals surface area contributed by atoms with Crippen LogP contribution in [0.25, 0.3) is 16.8 Å². The lowest BCUT2D eigenvalue weighted by molar-refractivity contribution is -0.137. The van der Waals surface area contributed by atoms with Crippen LogP contribution < -0.4 is 9.46 Å². The molecule has 7 nitrogen and oxygen atoms in total. The van der Waals surface area contributed by atoms with Gasteiger partial charge in [0.25, 0.3) is 10.0 Å². The number of hydrogen-bond donors (Lipinski definition) is 1. The average molecular weight is 448 g/mol. The highest BCUT2D eigenvalue weighted by molar-refractivity contribution is 7.92. The molecular weight excluding hydrogens is 433 g/mol. The zero-order chi connectivity index (χ0) is 22.2. The fourth-order valence-electron chi connectivity index (χ4n) is 2.98. The van der Waals surface area contributed by atoms with Crippen molar-refractivity contribution in [2.24, 2.45) is 0 Å². The van der Waals surface area contributed by atoms with Crippen molar-refractivity contribution < 1.29 is 26.3 Å². The molecule has 11 heteroatoms. The maximum atomic E-state index is 12.8. The monoisotopic (exact) mass is 448 g/mol. The Kier molecular flexibility index (Phi) is 5.05. The molecule has 0 fully saturated rings. The van der Waals surface area contributed by atoms with Crippen LogP contribution in [0.5, 0.6) is 5.75 Å². The maximum Gasteiger partial charge on any atom is 0.416 e. The second-order valence-electron chi connectivity index (χ2n) is 6.48. The number of fused-ring (bicyclic) bond motifs is 1. The number of methoxy groups -OCH3 is 1. The number of sulfonamides is 1. The van der Waals surface area contributed by atoms with Gasteiger partial charge < -0.3 is 4.74 Å². The summed E-state index contributed by atoms with van der Waals surface area (Å²) in [6, 6.07) is 11.5. The molecule has 0 atom stereocenters. The minimum atomic E-state index is -4.56. The van der Waals surface area contributed by atoms with E-state index in [4.69, 9.17) is 4.74 Å². The predicted molar refractivity (Wildman–Crippen MR) is 107 cm³/mol. The standard InChI is InChI=1S/C20H15F3N4O3S/c1-30-18-8-9-19(27-17(18)11-16(25-27)13-3-2-10-24-12-13)26-31(28,29)15-6-4-14(5-7-15)20(21,22)23/h2-12,26H,1H3. The zero-order valence-corrected chi connectivity index (χ0v) is 16.8. The number of rotatable bonds is 5. The van der Waals surface area contributed by atoms with Gasteiger partial charge >= 0.3 is 6.18 Å². The van der Waals surface area contributed by atoms with Crippen molar-refractivity contribution >= 4 is 21.4 Å². The van der Waals surface area contributed by atoms with Crippen LogP contribution in [-0.4, -0.2) is 30.1 Å². The van der Waals surface area contributed by atoms with E-state index < -0.39 is 21.8 Å². The number of halogens is 3. The molecular formula is C20H15F3N4O3S. The molecule has 0 aliphatic rings. The first kappa shape index (κ1) is 20.7. The Bertz CT molecular complexity index is 1340. The molecule has 0 radical (unpaired) electrons. The number of anilines is 1. The first-order valence-corrected chi connectivity index (χ1v) is 10.3. The number of pyridine rings is 2. The molecule has 0 aliphatic heterocycles. The van der Waals surface area contributed by atoms with E-state index in [-0.39, 0.29) is 10.7 Å². The number of aromatic nitrogens is 3. The Labute approximate surface area is 175 Å². The molecule has 4 aromatic rings. The second-order valence-corrected chi connectivity index (χ2v) is 8.17. The highest BCUT2D eigenvalue weighted by Gasteiger charge is 2.30. The van der Waals surface area contributed by atoms with Crippen LogP contribution in [0.2, 0.25) is 0 Å². The fourth-order valence-corrected chi connectivity index (χ4v) is 4.02. The minimum absolute atomic E-state index is 0.0887. The van der Waals surface area contributed by atoms with Crippen LogP contribution >= 0.6 is 0 Å². The second kappa shape index (κ2) is 7.58. The molecule has 160 valence electrons. The number of benzene rings is 1. The topological polar surface area (TPSA) is 85.6 Å². The van der Waals surface area contributed by atoms with Gasteiger partial charge in [0.05, 0.1) is 23.3 Å². The summed E-state index contributed by atoms with van der Waals surface area (Å²) in [4.78, 5) is 3.73. The van der Waals surface area contributed by atoms with Gasteiger partial charge in [-0.3, -0.25) is 9.71 Å². The predicted octanol–water partition coefficient (Wildman–Crippen LogP) is 4.22. The van der Waals surface area contributed by atoms with Crippen LogP contribution in [0, 0.1) is 0 Å². The van der Waals surface area contributed by atoms with Gasteiger partial charge in [-0.05, 0) is 54.6 Å². The molecule has 0 unspecified atom stereocenters. The molecule has 0 spiro atoms. The highest BCUT2D eigenvalue weighted by atomic mass is 32.2. The lowest BCUT2D eigenvalue weighted by atomic mass is 10.2. The summed E-state index contributed by atoms with van der Waals surface area (Å²) in [7, 11) is -2.70. The Morgan fingerprint density at radius 3 is 2.42 bits per heavy atom. The molecule has 31 heavy (non-hydrogen) atoms. The van der Waals surface area contributed by atoms with Crippen LogP contribution in [0.4, 0.5) is 19.0 Å². The van der Waals surface area contributed by atoms with Crippen LogP contribution in [0.15, 0.2) is 71.9 Å². The molecule has 3 aromatic heterocycles. The number of nitrogens with one attached hydrogen (secondary N) is 1. The average Bonchev–Trinajstić information content (AvgIpc) is 3.20. The molecule has 1 aromatic carbocycles. The quantitative estimate of drug-likeness (QED) is 0.494. The zero-order valence-electron chi connectivity index (χ0n) is 16.0. The summed E-state index contributed by atoms with van der Waals surface area (Å²) in [6.07, 6.45) is -1.33. The third-order valence-electron chi connectivity index (χ3n) is 4.49. The van der Waals surface area contributed by atoms with E-state index in [1.165, 1.54) is 17.7 Å². The van der Waals surface area contributed by atoms with Gasteiger partial charge in [-0.1, -0.05) is 0 Å². The summed E-state index contributed by atoms with van der Waals surface area (Å²) < 4.78 is 72.9. The van der Waals surface area contributed by atoms with E-state index >= 15 is 0 Å². The van der Waals surface area contributed by atoms with Gasteiger partial charge in [-0.25, -0.2) is 12.9 Å². The van der Waals surface area contributed by atoms with Crippen molar-refractivity contribution in [3.05, 3.63) is 72.6 Å². The normalized spacial score (nSPS) is 12.1. The third-order valence-corrected chi connectivity index (χ3v) is 5.86. The lowest BCUT2D eigenvalue weighted by Gasteiger charge is -2.12. The summed E-state index contributed by atoms with van der Waals surface area (Å²) in [5, 5.41) is 4.44. The van der Waals surface area contributed by atoms with Gasteiger partial charge in [0.15, 0.2) is 0 Å². The molecule has 0 bridgehead atoms. The Hall–Kier alpha value is -3.60. The summed E-state index contributed by atoms with van der Waals surface area (Å²) >= 11 is 0. The van der Waals surface area contributed by atoms with E-state index in [0.29, 0.717) is 34.7 Å². The van der Waals surface area contributed by atoms with Crippen LogP contribution in [-0.2, 0) is 16.2 Å². The van der Waals surface area contributed by atoms with Crippen LogP contribution in [0.3, 0.4) is 0 Å². The first-order chi connectivity index (χ1) is 14.7. The number of nitrogens with zero attached hydrogens (tertiary/aromatic N) is 3. The van der Waals surface area contributed by atoms with E-state index in [9.17, 15) is 21.6 Å². The molecule has 0 saturated heterocycles. The van der Waals surface area contributed by atoms with Gasteiger partial charge in [0.2, 0.25) is 0 Å². The van der Waals surface area contributed by atoms with E-state index in [1.807, 2.05) is 0 Å². The largest absolute Gasteiger partial charge is 0.494 e. The Morgan fingerprint density at radius 1 is 1.06 bits per heavy atom. The van der Waals surface area contributed by atoms with Crippen molar-refractivity contribution in [1.29, 1.82) is 0 Å². The molecule has 0 amide bonds.